The van der Waals surface area contributed by atoms with Crippen LogP contribution < -0.4 is 10.1 Å². The summed E-state index contributed by atoms with van der Waals surface area (Å²) < 4.78 is 15.9. The molecule has 0 aliphatic carbocycles. The van der Waals surface area contributed by atoms with Crippen molar-refractivity contribution < 1.29 is 28.9 Å². The molecule has 2 unspecified atom stereocenters. The van der Waals surface area contributed by atoms with Crippen LogP contribution in [0.1, 0.15) is 59.1 Å². The van der Waals surface area contributed by atoms with Crippen molar-refractivity contribution in [3.8, 4) is 5.75 Å². The van der Waals surface area contributed by atoms with Crippen molar-refractivity contribution in [2.75, 3.05) is 13.2 Å². The maximum Gasteiger partial charge on any atom is 0.407 e. The van der Waals surface area contributed by atoms with Crippen molar-refractivity contribution in [3.63, 3.8) is 0 Å². The first-order valence-electron chi connectivity index (χ1n) is 9.18. The predicted octanol–water partition coefficient (Wildman–Crippen LogP) is 3.36. The number of hydrogen-bond donors (Lipinski definition) is 2. The fourth-order valence-electron chi connectivity index (χ4n) is 2.36. The van der Waals surface area contributed by atoms with Crippen LogP contribution in [-0.4, -0.2) is 42.0 Å². The fraction of sp³-hybridized carbons (Fsp3) is 0.600. The van der Waals surface area contributed by atoms with Gasteiger partial charge in [-0.05, 0) is 47.1 Å². The van der Waals surface area contributed by atoms with E-state index in [1.807, 2.05) is 0 Å². The summed E-state index contributed by atoms with van der Waals surface area (Å²) in [5.41, 5.74) is 0.0253. The van der Waals surface area contributed by atoms with Crippen LogP contribution in [0, 0.1) is 0 Å². The summed E-state index contributed by atoms with van der Waals surface area (Å²) in [6.07, 6.45) is -1.32. The third kappa shape index (κ3) is 9.28. The van der Waals surface area contributed by atoms with E-state index in [9.17, 15) is 14.7 Å². The topological polar surface area (TPSA) is 94.1 Å². The van der Waals surface area contributed by atoms with E-state index in [-0.39, 0.29) is 18.9 Å². The molecule has 0 spiro atoms. The van der Waals surface area contributed by atoms with Crippen molar-refractivity contribution in [3.05, 3.63) is 29.8 Å². The van der Waals surface area contributed by atoms with E-state index in [0.29, 0.717) is 24.3 Å². The third-order valence-corrected chi connectivity index (χ3v) is 3.45. The number of alkyl carbamates (subject to hydrolysis) is 1. The fourth-order valence-corrected chi connectivity index (χ4v) is 2.36. The van der Waals surface area contributed by atoms with Crippen LogP contribution in [0.4, 0.5) is 4.79 Å². The number of nitrogens with one attached hydrogen (secondary N) is 1. The Kier molecular flexibility index (Phi) is 9.08. The summed E-state index contributed by atoms with van der Waals surface area (Å²) in [5.74, 6) is 0.170. The molecule has 1 amide bonds. The van der Waals surface area contributed by atoms with Crippen LogP contribution in [-0.2, 0) is 14.3 Å². The summed E-state index contributed by atoms with van der Waals surface area (Å²) in [4.78, 5) is 23.2. The SMILES string of the molecule is CCOC(=O)CC(C)Oc1ccccc1C(O)CCNC(=O)OC(C)(C)C. The third-order valence-electron chi connectivity index (χ3n) is 3.45. The van der Waals surface area contributed by atoms with E-state index in [1.54, 1.807) is 58.9 Å². The Morgan fingerprint density at radius 2 is 1.89 bits per heavy atom. The highest BCUT2D eigenvalue weighted by Gasteiger charge is 2.19. The highest BCUT2D eigenvalue weighted by molar-refractivity contribution is 5.70. The van der Waals surface area contributed by atoms with Crippen molar-refractivity contribution in [1.29, 1.82) is 0 Å². The number of hydrogen-bond acceptors (Lipinski definition) is 6. The van der Waals surface area contributed by atoms with Gasteiger partial charge in [0.05, 0.1) is 19.1 Å². The molecule has 0 aromatic heterocycles. The molecule has 1 aromatic carbocycles. The van der Waals surface area contributed by atoms with E-state index in [1.165, 1.54) is 0 Å². The van der Waals surface area contributed by atoms with Gasteiger partial charge in [0.2, 0.25) is 0 Å². The highest BCUT2D eigenvalue weighted by atomic mass is 16.6. The number of para-hydroxylation sites is 1. The molecular weight excluding hydrogens is 350 g/mol. The summed E-state index contributed by atoms with van der Waals surface area (Å²) in [7, 11) is 0. The summed E-state index contributed by atoms with van der Waals surface area (Å²) in [5, 5.41) is 13.1. The minimum Gasteiger partial charge on any atom is -0.490 e. The second-order valence-corrected chi connectivity index (χ2v) is 7.21. The molecule has 0 aliphatic rings. The lowest BCUT2D eigenvalue weighted by Gasteiger charge is -2.21. The van der Waals surface area contributed by atoms with Gasteiger partial charge in [-0.2, -0.15) is 0 Å². The van der Waals surface area contributed by atoms with Crippen LogP contribution in [0.3, 0.4) is 0 Å². The maximum atomic E-state index is 11.7. The Hall–Kier alpha value is -2.28. The van der Waals surface area contributed by atoms with Gasteiger partial charge in [0, 0.05) is 12.1 Å². The molecule has 1 aromatic rings. The number of aliphatic hydroxyl groups excluding tert-OH is 1. The van der Waals surface area contributed by atoms with Crippen LogP contribution in [0.15, 0.2) is 24.3 Å². The van der Waals surface area contributed by atoms with E-state index in [0.717, 1.165) is 0 Å². The highest BCUT2D eigenvalue weighted by Crippen LogP contribution is 2.28. The zero-order valence-corrected chi connectivity index (χ0v) is 16.8. The summed E-state index contributed by atoms with van der Waals surface area (Å²) in [6.45, 7) is 9.45. The van der Waals surface area contributed by atoms with E-state index < -0.39 is 23.9 Å². The van der Waals surface area contributed by atoms with Gasteiger partial charge in [-0.3, -0.25) is 4.79 Å². The lowest BCUT2D eigenvalue weighted by atomic mass is 10.1. The minimum atomic E-state index is -0.828. The number of aliphatic hydroxyl groups is 1. The van der Waals surface area contributed by atoms with Crippen molar-refractivity contribution in [1.82, 2.24) is 5.32 Å². The minimum absolute atomic E-state index is 0.123. The van der Waals surface area contributed by atoms with Gasteiger partial charge in [0.25, 0.3) is 0 Å². The first-order valence-corrected chi connectivity index (χ1v) is 9.18. The van der Waals surface area contributed by atoms with Gasteiger partial charge in [-0.1, -0.05) is 18.2 Å². The van der Waals surface area contributed by atoms with Gasteiger partial charge in [-0.15, -0.1) is 0 Å². The molecule has 1 rings (SSSR count). The number of carbonyl (C=O) groups excluding carboxylic acids is 2. The molecule has 2 N–H and O–H groups in total. The second kappa shape index (κ2) is 10.8. The van der Waals surface area contributed by atoms with Crippen molar-refractivity contribution in [2.45, 2.75) is 65.3 Å². The lowest BCUT2D eigenvalue weighted by Crippen LogP contribution is -2.33. The predicted molar refractivity (Wildman–Crippen MR) is 102 cm³/mol. The van der Waals surface area contributed by atoms with Crippen LogP contribution in [0.2, 0.25) is 0 Å². The largest absolute Gasteiger partial charge is 0.490 e. The van der Waals surface area contributed by atoms with E-state index in [2.05, 4.69) is 5.32 Å². The zero-order chi connectivity index (χ0) is 20.4. The molecule has 0 saturated carbocycles. The average molecular weight is 381 g/mol. The summed E-state index contributed by atoms with van der Waals surface area (Å²) >= 11 is 0. The average Bonchev–Trinajstić information content (AvgIpc) is 2.53. The van der Waals surface area contributed by atoms with Crippen molar-refractivity contribution in [2.24, 2.45) is 0 Å². The molecule has 7 nitrogen and oxygen atoms in total. The number of amides is 1. The Morgan fingerprint density at radius 1 is 1.22 bits per heavy atom. The van der Waals surface area contributed by atoms with E-state index >= 15 is 0 Å². The van der Waals surface area contributed by atoms with Gasteiger partial charge < -0.3 is 24.6 Å². The summed E-state index contributed by atoms with van der Waals surface area (Å²) in [6, 6.07) is 7.08. The van der Waals surface area contributed by atoms with Gasteiger partial charge >= 0.3 is 12.1 Å². The maximum absolute atomic E-state index is 11.7. The second-order valence-electron chi connectivity index (χ2n) is 7.21. The van der Waals surface area contributed by atoms with Crippen LogP contribution in [0.25, 0.3) is 0 Å². The van der Waals surface area contributed by atoms with Crippen molar-refractivity contribution >= 4 is 12.1 Å². The van der Waals surface area contributed by atoms with Crippen LogP contribution >= 0.6 is 0 Å². The molecule has 0 fully saturated rings. The number of rotatable bonds is 9. The number of ether oxygens (including phenoxy) is 3. The van der Waals surface area contributed by atoms with E-state index in [4.69, 9.17) is 14.2 Å². The Bertz CT molecular complexity index is 611. The lowest BCUT2D eigenvalue weighted by molar-refractivity contribution is -0.144. The Balaban J connectivity index is 2.59. The molecule has 0 saturated heterocycles. The zero-order valence-electron chi connectivity index (χ0n) is 16.8. The smallest absolute Gasteiger partial charge is 0.407 e. The normalized spacial score (nSPS) is 13.4. The molecule has 0 radical (unpaired) electrons. The molecule has 0 aliphatic heterocycles. The molecule has 27 heavy (non-hydrogen) atoms. The molecule has 2 atom stereocenters. The Morgan fingerprint density at radius 3 is 2.52 bits per heavy atom. The molecule has 152 valence electrons. The quantitative estimate of drug-likeness (QED) is 0.637. The first-order chi connectivity index (χ1) is 12.6. The monoisotopic (exact) mass is 381 g/mol. The molecule has 7 heteroatoms. The number of esters is 1. The standard InChI is InChI=1S/C20H31NO6/c1-6-25-18(23)13-14(2)26-17-10-8-7-9-15(17)16(22)11-12-21-19(24)27-20(3,4)5/h7-10,14,16,22H,6,11-13H2,1-5H3,(H,21,24). The molecular formula is C20H31NO6. The van der Waals surface area contributed by atoms with Gasteiger partial charge in [0.15, 0.2) is 0 Å². The molecule has 0 bridgehead atoms. The van der Waals surface area contributed by atoms with Gasteiger partial charge in [-0.25, -0.2) is 4.79 Å². The number of benzene rings is 1. The number of carbonyl (C=O) groups is 2. The van der Waals surface area contributed by atoms with Crippen LogP contribution in [0.5, 0.6) is 5.75 Å². The van der Waals surface area contributed by atoms with Gasteiger partial charge in [0.1, 0.15) is 17.5 Å². The first kappa shape index (κ1) is 22.8. The molecule has 0 heterocycles. The Labute approximate surface area is 161 Å².